The maximum atomic E-state index is 12.4. The third kappa shape index (κ3) is 3.39. The van der Waals surface area contributed by atoms with E-state index in [1.165, 1.54) is 6.07 Å². The number of rotatable bonds is 2. The number of amides is 1. The molecule has 5 nitrogen and oxygen atoms in total. The van der Waals surface area contributed by atoms with Crippen molar-refractivity contribution in [1.82, 2.24) is 4.90 Å². The first kappa shape index (κ1) is 15.5. The van der Waals surface area contributed by atoms with Crippen molar-refractivity contribution in [2.45, 2.75) is 23.8 Å². The van der Waals surface area contributed by atoms with E-state index in [-0.39, 0.29) is 16.8 Å². The van der Waals surface area contributed by atoms with Gasteiger partial charge in [-0.05, 0) is 47.0 Å². The monoisotopic (exact) mass is 360 g/mol. The van der Waals surface area contributed by atoms with Crippen LogP contribution < -0.4 is 5.73 Å². The third-order valence-corrected chi connectivity index (χ3v) is 5.41. The second kappa shape index (κ2) is 5.83. The highest BCUT2D eigenvalue weighted by molar-refractivity contribution is 9.10. The number of carbonyl (C=O) groups excluding carboxylic acids is 1. The fourth-order valence-electron chi connectivity index (χ4n) is 2.30. The first-order valence-electron chi connectivity index (χ1n) is 6.33. The molecule has 20 heavy (non-hydrogen) atoms. The molecule has 110 valence electrons. The van der Waals surface area contributed by atoms with Crippen molar-refractivity contribution in [2.75, 3.05) is 19.3 Å². The zero-order valence-electron chi connectivity index (χ0n) is 11.2. The van der Waals surface area contributed by atoms with Gasteiger partial charge in [-0.3, -0.25) is 4.79 Å². The summed E-state index contributed by atoms with van der Waals surface area (Å²) in [5, 5.41) is 0. The number of halogens is 1. The molecule has 1 fully saturated rings. The summed E-state index contributed by atoms with van der Waals surface area (Å²) in [7, 11) is -3.37. The van der Waals surface area contributed by atoms with Crippen molar-refractivity contribution in [1.29, 1.82) is 0 Å². The Kier molecular flexibility index (Phi) is 4.51. The zero-order chi connectivity index (χ0) is 14.9. The van der Waals surface area contributed by atoms with E-state index >= 15 is 0 Å². The van der Waals surface area contributed by atoms with Gasteiger partial charge >= 0.3 is 0 Å². The Morgan fingerprint density at radius 1 is 1.45 bits per heavy atom. The summed E-state index contributed by atoms with van der Waals surface area (Å²) in [6.07, 6.45) is 2.92. The summed E-state index contributed by atoms with van der Waals surface area (Å²) in [4.78, 5) is 14.2. The molecular formula is C13H17BrN2O3S. The Morgan fingerprint density at radius 2 is 2.15 bits per heavy atom. The predicted molar refractivity (Wildman–Crippen MR) is 80.4 cm³/mol. The smallest absolute Gasteiger partial charge is 0.253 e. The molecule has 1 aromatic rings. The third-order valence-electron chi connectivity index (χ3n) is 3.32. The van der Waals surface area contributed by atoms with Crippen LogP contribution in [0.15, 0.2) is 27.6 Å². The van der Waals surface area contributed by atoms with Crippen molar-refractivity contribution in [3.05, 3.63) is 28.2 Å². The molecule has 0 spiro atoms. The molecule has 0 bridgehead atoms. The first-order valence-corrected chi connectivity index (χ1v) is 9.02. The summed E-state index contributed by atoms with van der Waals surface area (Å²) < 4.78 is 23.8. The largest absolute Gasteiger partial charge is 0.337 e. The van der Waals surface area contributed by atoms with E-state index in [0.29, 0.717) is 23.1 Å². The molecule has 1 aliphatic heterocycles. The summed E-state index contributed by atoms with van der Waals surface area (Å²) in [6.45, 7) is 1.18. The van der Waals surface area contributed by atoms with Crippen molar-refractivity contribution < 1.29 is 13.2 Å². The topological polar surface area (TPSA) is 80.5 Å². The van der Waals surface area contributed by atoms with E-state index < -0.39 is 9.84 Å². The standard InChI is InChI=1S/C13H17BrN2O3S/c1-20(18,19)12-7-9(4-5-11(12)14)13(17)16-6-2-3-10(15)8-16/h4-5,7,10H,2-3,6,8,15H2,1H3. The van der Waals surface area contributed by atoms with Crippen LogP contribution in [0.25, 0.3) is 0 Å². The molecule has 1 atom stereocenters. The van der Waals surface area contributed by atoms with Gasteiger partial charge in [0.1, 0.15) is 0 Å². The number of hydrogen-bond acceptors (Lipinski definition) is 4. The molecule has 2 N–H and O–H groups in total. The van der Waals surface area contributed by atoms with Crippen molar-refractivity contribution in [3.8, 4) is 0 Å². The minimum atomic E-state index is -3.37. The van der Waals surface area contributed by atoms with Gasteiger partial charge in [0.25, 0.3) is 5.91 Å². The van der Waals surface area contributed by atoms with Gasteiger partial charge in [0.15, 0.2) is 9.84 Å². The Hall–Kier alpha value is -0.920. The van der Waals surface area contributed by atoms with Crippen LogP contribution >= 0.6 is 15.9 Å². The van der Waals surface area contributed by atoms with Crippen molar-refractivity contribution >= 4 is 31.7 Å². The number of nitrogens with two attached hydrogens (primary N) is 1. The van der Waals surface area contributed by atoms with Gasteiger partial charge < -0.3 is 10.6 Å². The molecule has 1 aliphatic rings. The number of likely N-dealkylation sites (tertiary alicyclic amines) is 1. The Bertz CT molecular complexity index is 631. The maximum absolute atomic E-state index is 12.4. The lowest BCUT2D eigenvalue weighted by Gasteiger charge is -2.30. The molecule has 0 aromatic heterocycles. The van der Waals surface area contributed by atoms with Crippen molar-refractivity contribution in [3.63, 3.8) is 0 Å². The number of nitrogens with zero attached hydrogens (tertiary/aromatic N) is 1. The van der Waals surface area contributed by atoms with Gasteiger partial charge in [0, 0.05) is 35.4 Å². The number of carbonyl (C=O) groups is 1. The number of sulfone groups is 1. The Balaban J connectivity index is 2.31. The van der Waals surface area contributed by atoms with Crippen LogP contribution in [0.1, 0.15) is 23.2 Å². The van der Waals surface area contributed by atoms with Gasteiger partial charge in [-0.1, -0.05) is 0 Å². The quantitative estimate of drug-likeness (QED) is 0.864. The highest BCUT2D eigenvalue weighted by Crippen LogP contribution is 2.24. The van der Waals surface area contributed by atoms with Crippen LogP contribution in [-0.2, 0) is 9.84 Å². The average molecular weight is 361 g/mol. The second-order valence-electron chi connectivity index (χ2n) is 5.07. The molecule has 1 amide bonds. The molecule has 0 radical (unpaired) electrons. The lowest BCUT2D eigenvalue weighted by Crippen LogP contribution is -2.45. The molecule has 0 saturated carbocycles. The maximum Gasteiger partial charge on any atom is 0.253 e. The molecule has 1 heterocycles. The Morgan fingerprint density at radius 3 is 2.75 bits per heavy atom. The van der Waals surface area contributed by atoms with Crippen LogP contribution in [0, 0.1) is 0 Å². The highest BCUT2D eigenvalue weighted by atomic mass is 79.9. The fraction of sp³-hybridized carbons (Fsp3) is 0.462. The molecule has 2 rings (SSSR count). The van der Waals surface area contributed by atoms with Gasteiger partial charge in [-0.2, -0.15) is 0 Å². The average Bonchev–Trinajstić information content (AvgIpc) is 2.37. The molecule has 1 saturated heterocycles. The van der Waals surface area contributed by atoms with E-state index in [1.54, 1.807) is 17.0 Å². The second-order valence-corrected chi connectivity index (χ2v) is 7.91. The first-order chi connectivity index (χ1) is 9.29. The summed E-state index contributed by atoms with van der Waals surface area (Å²) in [6, 6.07) is 4.63. The molecule has 0 aliphatic carbocycles. The summed E-state index contributed by atoms with van der Waals surface area (Å²) in [5.74, 6) is -0.169. The van der Waals surface area contributed by atoms with Crippen LogP contribution in [-0.4, -0.2) is 44.6 Å². The van der Waals surface area contributed by atoms with Gasteiger partial charge in [0.05, 0.1) is 4.90 Å². The number of hydrogen-bond donors (Lipinski definition) is 1. The predicted octanol–water partition coefficient (Wildman–Crippen LogP) is 1.42. The van der Waals surface area contributed by atoms with E-state index in [1.807, 2.05) is 0 Å². The van der Waals surface area contributed by atoms with Crippen LogP contribution in [0.4, 0.5) is 0 Å². The zero-order valence-corrected chi connectivity index (χ0v) is 13.6. The van der Waals surface area contributed by atoms with Crippen molar-refractivity contribution in [2.24, 2.45) is 5.73 Å². The van der Waals surface area contributed by atoms with Crippen LogP contribution in [0.2, 0.25) is 0 Å². The number of benzene rings is 1. The SMILES string of the molecule is CS(=O)(=O)c1cc(C(=O)N2CCCC(N)C2)ccc1Br. The fourth-order valence-corrected chi connectivity index (χ4v) is 4.19. The number of piperidine rings is 1. The normalized spacial score (nSPS) is 19.9. The van der Waals surface area contributed by atoms with Crippen LogP contribution in [0.5, 0.6) is 0 Å². The molecule has 7 heteroatoms. The highest BCUT2D eigenvalue weighted by Gasteiger charge is 2.23. The van der Waals surface area contributed by atoms with E-state index in [0.717, 1.165) is 19.1 Å². The molecular weight excluding hydrogens is 344 g/mol. The molecule has 1 aromatic carbocycles. The van der Waals surface area contributed by atoms with E-state index in [9.17, 15) is 13.2 Å². The van der Waals surface area contributed by atoms with E-state index in [2.05, 4.69) is 15.9 Å². The van der Waals surface area contributed by atoms with Gasteiger partial charge in [-0.15, -0.1) is 0 Å². The summed E-state index contributed by atoms with van der Waals surface area (Å²) in [5.41, 5.74) is 6.24. The lowest BCUT2D eigenvalue weighted by atomic mass is 10.1. The van der Waals surface area contributed by atoms with Gasteiger partial charge in [0.2, 0.25) is 0 Å². The van der Waals surface area contributed by atoms with Crippen LogP contribution in [0.3, 0.4) is 0 Å². The minimum Gasteiger partial charge on any atom is -0.337 e. The lowest BCUT2D eigenvalue weighted by molar-refractivity contribution is 0.0708. The van der Waals surface area contributed by atoms with E-state index in [4.69, 9.17) is 5.73 Å². The molecule has 1 unspecified atom stereocenters. The van der Waals surface area contributed by atoms with Gasteiger partial charge in [-0.25, -0.2) is 8.42 Å². The minimum absolute atomic E-state index is 0.00229. The summed E-state index contributed by atoms with van der Waals surface area (Å²) >= 11 is 3.20. The Labute approximate surface area is 127 Å².